The Hall–Kier alpha value is -2.00. The number of amidine groups is 1. The molecular formula is C21H24ClN3. The number of rotatable bonds is 2. The van der Waals surface area contributed by atoms with Gasteiger partial charge in [-0.05, 0) is 42.7 Å². The summed E-state index contributed by atoms with van der Waals surface area (Å²) >= 11 is 6.13. The van der Waals surface area contributed by atoms with Crippen LogP contribution >= 0.6 is 11.6 Å². The third kappa shape index (κ3) is 3.02. The zero-order valence-corrected chi connectivity index (χ0v) is 15.4. The summed E-state index contributed by atoms with van der Waals surface area (Å²) in [6.45, 7) is 0.653. The van der Waals surface area contributed by atoms with Crippen molar-refractivity contribution < 1.29 is 0 Å². The highest BCUT2D eigenvalue weighted by Gasteiger charge is 2.44. The number of nitrogens with zero attached hydrogens (tertiary/aromatic N) is 2. The van der Waals surface area contributed by atoms with E-state index in [0.717, 1.165) is 35.0 Å². The molecule has 1 spiro atoms. The highest BCUT2D eigenvalue weighted by atomic mass is 35.5. The topological polar surface area (TPSA) is 27.6 Å². The van der Waals surface area contributed by atoms with Gasteiger partial charge in [0.2, 0.25) is 0 Å². The minimum atomic E-state index is -0.00875. The fraction of sp³-hybridized carbons (Fsp3) is 0.381. The molecule has 0 bridgehead atoms. The van der Waals surface area contributed by atoms with E-state index >= 15 is 0 Å². The summed E-state index contributed by atoms with van der Waals surface area (Å²) in [5, 5.41) is 4.42. The molecule has 2 aromatic rings. The van der Waals surface area contributed by atoms with Gasteiger partial charge in [0.1, 0.15) is 5.84 Å². The van der Waals surface area contributed by atoms with Crippen LogP contribution in [0.1, 0.15) is 37.7 Å². The molecule has 1 fully saturated rings. The molecule has 4 heteroatoms. The van der Waals surface area contributed by atoms with Crippen LogP contribution in [0.25, 0.3) is 0 Å². The molecular weight excluding hydrogens is 330 g/mol. The lowest BCUT2D eigenvalue weighted by molar-refractivity contribution is 0.363. The van der Waals surface area contributed by atoms with Crippen molar-refractivity contribution in [1.82, 2.24) is 0 Å². The minimum absolute atomic E-state index is 0.00875. The predicted octanol–water partition coefficient (Wildman–Crippen LogP) is 5.50. The largest absolute Gasteiger partial charge is 0.360 e. The van der Waals surface area contributed by atoms with Crippen LogP contribution in [0.4, 0.5) is 11.4 Å². The zero-order valence-electron chi connectivity index (χ0n) is 14.6. The van der Waals surface area contributed by atoms with Gasteiger partial charge in [0.05, 0.1) is 23.5 Å². The Kier molecular flexibility index (Phi) is 4.43. The fourth-order valence-corrected chi connectivity index (χ4v) is 4.42. The maximum absolute atomic E-state index is 6.13. The van der Waals surface area contributed by atoms with Crippen LogP contribution in [-0.2, 0) is 6.54 Å². The van der Waals surface area contributed by atoms with E-state index in [2.05, 4.69) is 47.6 Å². The van der Waals surface area contributed by atoms with Gasteiger partial charge in [-0.2, -0.15) is 0 Å². The van der Waals surface area contributed by atoms with Gasteiger partial charge in [-0.25, -0.2) is 0 Å². The van der Waals surface area contributed by atoms with E-state index in [1.54, 1.807) is 0 Å². The Morgan fingerprint density at radius 1 is 1.08 bits per heavy atom. The molecule has 2 aromatic carbocycles. The van der Waals surface area contributed by atoms with E-state index in [0.29, 0.717) is 6.54 Å². The number of aliphatic imine (C=N–C) groups is 1. The first kappa shape index (κ1) is 16.5. The fourth-order valence-electron chi connectivity index (χ4n) is 4.21. The second-order valence-corrected chi connectivity index (χ2v) is 7.52. The molecule has 4 rings (SSSR count). The number of benzene rings is 2. The van der Waals surface area contributed by atoms with Gasteiger partial charge >= 0.3 is 0 Å². The van der Waals surface area contributed by atoms with Crippen LogP contribution in [0.2, 0.25) is 5.02 Å². The molecule has 0 amide bonds. The Morgan fingerprint density at radius 3 is 2.68 bits per heavy atom. The molecule has 0 atom stereocenters. The predicted molar refractivity (Wildman–Crippen MR) is 107 cm³/mol. The van der Waals surface area contributed by atoms with Crippen LogP contribution < -0.4 is 10.2 Å². The molecule has 1 saturated carbocycles. The average molecular weight is 354 g/mol. The molecule has 1 N–H and O–H groups in total. The molecule has 3 nitrogen and oxygen atoms in total. The van der Waals surface area contributed by atoms with Crippen LogP contribution in [0.15, 0.2) is 53.5 Å². The first-order valence-corrected chi connectivity index (χ1v) is 9.46. The Labute approximate surface area is 154 Å². The Morgan fingerprint density at radius 2 is 1.88 bits per heavy atom. The Balaban J connectivity index is 1.72. The van der Waals surface area contributed by atoms with Gasteiger partial charge in [0.25, 0.3) is 0 Å². The number of para-hydroxylation sites is 2. The quantitative estimate of drug-likeness (QED) is 0.771. The van der Waals surface area contributed by atoms with Crippen molar-refractivity contribution in [2.75, 3.05) is 17.3 Å². The molecule has 1 aliphatic heterocycles. The highest BCUT2D eigenvalue weighted by molar-refractivity contribution is 6.30. The summed E-state index contributed by atoms with van der Waals surface area (Å²) in [5.74, 6) is 1.10. The molecule has 130 valence electrons. The van der Waals surface area contributed by atoms with Gasteiger partial charge in [0.15, 0.2) is 0 Å². The third-order valence-corrected chi connectivity index (χ3v) is 5.83. The maximum atomic E-state index is 6.13. The SMILES string of the molecule is CN1c2ccccc2N/C(=N/Cc2cccc(Cl)c2)C12CCCCC2. The lowest BCUT2D eigenvalue weighted by Crippen LogP contribution is -2.59. The number of nitrogens with one attached hydrogen (secondary N) is 1. The number of likely N-dealkylation sites (N-methyl/N-ethyl adjacent to an activating group) is 1. The minimum Gasteiger partial charge on any atom is -0.360 e. The summed E-state index contributed by atoms with van der Waals surface area (Å²) in [4.78, 5) is 7.48. The second-order valence-electron chi connectivity index (χ2n) is 7.09. The van der Waals surface area contributed by atoms with E-state index in [9.17, 15) is 0 Å². The standard InChI is InChI=1S/C21H24ClN3/c1-25-19-11-4-3-10-18(19)24-20(21(25)12-5-2-6-13-21)23-15-16-8-7-9-17(22)14-16/h3-4,7-11,14H,2,5-6,12-13,15H2,1H3,(H,23,24). The number of hydrogen-bond donors (Lipinski definition) is 1. The number of halogens is 1. The molecule has 1 aliphatic carbocycles. The first-order valence-electron chi connectivity index (χ1n) is 9.08. The van der Waals surface area contributed by atoms with Crippen LogP contribution in [-0.4, -0.2) is 18.4 Å². The van der Waals surface area contributed by atoms with Crippen molar-refractivity contribution in [3.05, 3.63) is 59.1 Å². The first-order chi connectivity index (χ1) is 12.2. The van der Waals surface area contributed by atoms with E-state index in [1.807, 2.05) is 18.2 Å². The molecule has 25 heavy (non-hydrogen) atoms. The van der Waals surface area contributed by atoms with Crippen molar-refractivity contribution in [3.8, 4) is 0 Å². The van der Waals surface area contributed by atoms with Gasteiger partial charge in [-0.1, -0.05) is 55.1 Å². The number of hydrogen-bond acceptors (Lipinski definition) is 2. The molecule has 0 radical (unpaired) electrons. The number of anilines is 2. The van der Waals surface area contributed by atoms with Gasteiger partial charge in [-0.15, -0.1) is 0 Å². The van der Waals surface area contributed by atoms with Gasteiger partial charge in [-0.3, -0.25) is 4.99 Å². The summed E-state index contributed by atoms with van der Waals surface area (Å²) in [6.07, 6.45) is 6.13. The summed E-state index contributed by atoms with van der Waals surface area (Å²) in [7, 11) is 2.22. The van der Waals surface area contributed by atoms with Crippen LogP contribution in [0.3, 0.4) is 0 Å². The molecule has 0 unspecified atom stereocenters. The zero-order chi connectivity index (χ0) is 17.3. The van der Waals surface area contributed by atoms with Crippen molar-refractivity contribution in [2.45, 2.75) is 44.2 Å². The normalized spacial score (nSPS) is 20.4. The number of fused-ring (bicyclic) bond motifs is 1. The van der Waals surface area contributed by atoms with Gasteiger partial charge in [0, 0.05) is 12.1 Å². The van der Waals surface area contributed by atoms with E-state index in [-0.39, 0.29) is 5.54 Å². The summed E-state index contributed by atoms with van der Waals surface area (Å²) < 4.78 is 0. The smallest absolute Gasteiger partial charge is 0.127 e. The van der Waals surface area contributed by atoms with E-state index in [4.69, 9.17) is 16.6 Å². The molecule has 1 heterocycles. The monoisotopic (exact) mass is 353 g/mol. The lowest BCUT2D eigenvalue weighted by atomic mass is 9.77. The summed E-state index contributed by atoms with van der Waals surface area (Å²) in [6, 6.07) is 16.5. The molecule has 0 saturated heterocycles. The van der Waals surface area contributed by atoms with E-state index in [1.165, 1.54) is 24.9 Å². The van der Waals surface area contributed by atoms with Crippen molar-refractivity contribution in [2.24, 2.45) is 4.99 Å². The van der Waals surface area contributed by atoms with Crippen molar-refractivity contribution in [3.63, 3.8) is 0 Å². The molecule has 0 aromatic heterocycles. The molecule has 2 aliphatic rings. The lowest BCUT2D eigenvalue weighted by Gasteiger charge is -2.50. The van der Waals surface area contributed by atoms with Gasteiger partial charge < -0.3 is 10.2 Å². The van der Waals surface area contributed by atoms with Crippen LogP contribution in [0, 0.1) is 0 Å². The third-order valence-electron chi connectivity index (χ3n) is 5.59. The van der Waals surface area contributed by atoms with E-state index < -0.39 is 0 Å². The Bertz CT molecular complexity index is 793. The highest BCUT2D eigenvalue weighted by Crippen LogP contribution is 2.43. The second kappa shape index (κ2) is 6.72. The van der Waals surface area contributed by atoms with Crippen LogP contribution in [0.5, 0.6) is 0 Å². The summed E-state index contributed by atoms with van der Waals surface area (Å²) in [5.41, 5.74) is 3.55. The maximum Gasteiger partial charge on any atom is 0.127 e. The van der Waals surface area contributed by atoms with Crippen molar-refractivity contribution in [1.29, 1.82) is 0 Å². The van der Waals surface area contributed by atoms with Crippen molar-refractivity contribution >= 4 is 28.8 Å². The average Bonchev–Trinajstić information content (AvgIpc) is 2.65.